The van der Waals surface area contributed by atoms with E-state index in [-0.39, 0.29) is 12.1 Å². The van der Waals surface area contributed by atoms with E-state index >= 15 is 0 Å². The minimum atomic E-state index is -0.453. The van der Waals surface area contributed by atoms with Crippen LogP contribution in [-0.2, 0) is 0 Å². The lowest BCUT2D eigenvalue weighted by molar-refractivity contribution is 0.510. The van der Waals surface area contributed by atoms with Crippen LogP contribution in [0.1, 0.15) is 18.5 Å². The monoisotopic (exact) mass is 300 g/mol. The summed E-state index contributed by atoms with van der Waals surface area (Å²) in [7, 11) is 0. The van der Waals surface area contributed by atoms with Gasteiger partial charge in [-0.1, -0.05) is 41.9 Å². The highest BCUT2D eigenvalue weighted by Gasteiger charge is 2.10. The van der Waals surface area contributed by atoms with E-state index in [1.165, 1.54) is 0 Å². The topological polar surface area (TPSA) is 55.1 Å². The van der Waals surface area contributed by atoms with Crippen molar-refractivity contribution in [2.75, 3.05) is 5.32 Å². The number of aromatic nitrogens is 1. The summed E-state index contributed by atoms with van der Waals surface area (Å²) in [6, 6.07) is 15.0. The maximum atomic E-state index is 12.0. The van der Waals surface area contributed by atoms with Crippen molar-refractivity contribution in [3.63, 3.8) is 0 Å². The van der Waals surface area contributed by atoms with Crippen LogP contribution in [0.3, 0.4) is 0 Å². The summed E-state index contributed by atoms with van der Waals surface area (Å²) >= 11 is 5.87. The van der Waals surface area contributed by atoms with Crippen LogP contribution in [0.25, 0.3) is 10.9 Å². The van der Waals surface area contributed by atoms with E-state index in [0.717, 1.165) is 5.56 Å². The maximum absolute atomic E-state index is 12.0. The molecule has 0 spiro atoms. The van der Waals surface area contributed by atoms with Gasteiger partial charge in [-0.3, -0.25) is 0 Å². The molecule has 21 heavy (non-hydrogen) atoms. The lowest BCUT2D eigenvalue weighted by Gasteiger charge is -2.13. The molecule has 0 amide bonds. The fourth-order valence-electron chi connectivity index (χ4n) is 2.12. The van der Waals surface area contributed by atoms with Crippen molar-refractivity contribution in [1.29, 1.82) is 0 Å². The number of fused-ring (bicyclic) bond motifs is 1. The van der Waals surface area contributed by atoms with Gasteiger partial charge in [0.05, 0.1) is 16.9 Å². The van der Waals surface area contributed by atoms with Crippen LogP contribution in [0.2, 0.25) is 5.02 Å². The van der Waals surface area contributed by atoms with Crippen LogP contribution >= 0.6 is 11.6 Å². The van der Waals surface area contributed by atoms with Crippen molar-refractivity contribution in [1.82, 2.24) is 4.98 Å². The Morgan fingerprint density at radius 1 is 1.19 bits per heavy atom. The Labute approximate surface area is 126 Å². The van der Waals surface area contributed by atoms with E-state index in [0.29, 0.717) is 15.9 Å². The number of benzene rings is 2. The first-order valence-corrected chi connectivity index (χ1v) is 6.93. The molecule has 0 saturated carbocycles. The maximum Gasteiger partial charge on any atom is 0.348 e. The molecule has 106 valence electrons. The van der Waals surface area contributed by atoms with Gasteiger partial charge in [0.2, 0.25) is 0 Å². The third-order valence-electron chi connectivity index (χ3n) is 3.23. The molecule has 2 aromatic carbocycles. The summed E-state index contributed by atoms with van der Waals surface area (Å²) in [5.74, 6) is 0. The van der Waals surface area contributed by atoms with Crippen molar-refractivity contribution in [3.8, 4) is 0 Å². The quantitative estimate of drug-likeness (QED) is 0.794. The molecule has 0 radical (unpaired) electrons. The summed E-state index contributed by atoms with van der Waals surface area (Å²) in [4.78, 5) is 16.3. The molecule has 0 aliphatic carbocycles. The average molecular weight is 301 g/mol. The molecule has 0 bridgehead atoms. The molecule has 0 aliphatic rings. The van der Waals surface area contributed by atoms with Gasteiger partial charge in [0.1, 0.15) is 0 Å². The second kappa shape index (κ2) is 5.58. The summed E-state index contributed by atoms with van der Waals surface area (Å²) < 4.78 is 5.20. The van der Waals surface area contributed by atoms with Gasteiger partial charge in [-0.25, -0.2) is 4.79 Å². The summed E-state index contributed by atoms with van der Waals surface area (Å²) in [6.45, 7) is 1.98. The lowest BCUT2D eigenvalue weighted by atomic mass is 10.1. The molecular weight excluding hydrogens is 288 g/mol. The number of nitrogens with one attached hydrogen (secondary N) is 1. The van der Waals surface area contributed by atoms with Gasteiger partial charge in [0.25, 0.3) is 6.01 Å². The van der Waals surface area contributed by atoms with Gasteiger partial charge in [-0.05, 0) is 30.7 Å². The van der Waals surface area contributed by atoms with E-state index in [1.807, 2.05) is 37.3 Å². The van der Waals surface area contributed by atoms with E-state index in [4.69, 9.17) is 16.0 Å². The number of hydrogen-bond donors (Lipinski definition) is 1. The van der Waals surface area contributed by atoms with Gasteiger partial charge in [0, 0.05) is 5.02 Å². The number of rotatable bonds is 3. The zero-order chi connectivity index (χ0) is 14.8. The third kappa shape index (κ3) is 2.90. The van der Waals surface area contributed by atoms with Crippen LogP contribution in [-0.4, -0.2) is 4.98 Å². The first-order chi connectivity index (χ1) is 10.1. The van der Waals surface area contributed by atoms with Crippen LogP contribution in [0, 0.1) is 0 Å². The Balaban J connectivity index is 1.95. The second-order valence-corrected chi connectivity index (χ2v) is 5.18. The standard InChI is InChI=1S/C16H13ClN2O2/c1-10(11-5-3-2-4-6-11)18-16-19-14-8-7-12(17)9-13(14)15(20)21-16/h2-10H,1H3,(H,18,19)/t10-/m1/s1. The first-order valence-electron chi connectivity index (χ1n) is 6.55. The van der Waals surface area contributed by atoms with Crippen LogP contribution in [0.15, 0.2) is 57.7 Å². The smallest absolute Gasteiger partial charge is 0.348 e. The first kappa shape index (κ1) is 13.6. The SMILES string of the molecule is C[C@@H](Nc1nc2ccc(Cl)cc2c(=O)o1)c1ccccc1. The highest BCUT2D eigenvalue weighted by Crippen LogP contribution is 2.20. The number of halogens is 1. The molecule has 0 fully saturated rings. The van der Waals surface area contributed by atoms with E-state index in [2.05, 4.69) is 10.3 Å². The van der Waals surface area contributed by atoms with Crippen LogP contribution in [0.5, 0.6) is 0 Å². The number of hydrogen-bond acceptors (Lipinski definition) is 4. The fourth-order valence-corrected chi connectivity index (χ4v) is 2.29. The van der Waals surface area contributed by atoms with Gasteiger partial charge in [-0.2, -0.15) is 4.98 Å². The fraction of sp³-hybridized carbons (Fsp3) is 0.125. The lowest BCUT2D eigenvalue weighted by Crippen LogP contribution is -2.11. The molecule has 3 rings (SSSR count). The Morgan fingerprint density at radius 2 is 1.95 bits per heavy atom. The molecule has 0 aliphatic heterocycles. The zero-order valence-corrected chi connectivity index (χ0v) is 12.1. The normalized spacial score (nSPS) is 12.3. The van der Waals surface area contributed by atoms with Crippen LogP contribution < -0.4 is 10.9 Å². The van der Waals surface area contributed by atoms with Crippen molar-refractivity contribution in [3.05, 3.63) is 69.5 Å². The van der Waals surface area contributed by atoms with E-state index < -0.39 is 5.63 Å². The minimum Gasteiger partial charge on any atom is -0.389 e. The predicted molar refractivity (Wildman–Crippen MR) is 83.8 cm³/mol. The number of nitrogens with zero attached hydrogens (tertiary/aromatic N) is 1. The second-order valence-electron chi connectivity index (χ2n) is 4.74. The molecule has 1 N–H and O–H groups in total. The molecule has 3 aromatic rings. The zero-order valence-electron chi connectivity index (χ0n) is 11.3. The molecule has 1 aromatic heterocycles. The molecule has 1 heterocycles. The van der Waals surface area contributed by atoms with Crippen molar-refractivity contribution in [2.24, 2.45) is 0 Å². The Kier molecular flexibility index (Phi) is 3.62. The number of anilines is 1. The third-order valence-corrected chi connectivity index (χ3v) is 3.46. The van der Waals surface area contributed by atoms with Crippen LogP contribution in [0.4, 0.5) is 6.01 Å². The molecule has 0 saturated heterocycles. The van der Waals surface area contributed by atoms with E-state index in [1.54, 1.807) is 18.2 Å². The van der Waals surface area contributed by atoms with Crippen molar-refractivity contribution in [2.45, 2.75) is 13.0 Å². The Hall–Kier alpha value is -2.33. The van der Waals surface area contributed by atoms with Gasteiger partial charge in [0.15, 0.2) is 0 Å². The Morgan fingerprint density at radius 3 is 2.71 bits per heavy atom. The van der Waals surface area contributed by atoms with Gasteiger partial charge >= 0.3 is 5.63 Å². The Bertz CT molecular complexity index is 831. The minimum absolute atomic E-state index is 0.0217. The molecule has 0 unspecified atom stereocenters. The highest BCUT2D eigenvalue weighted by molar-refractivity contribution is 6.31. The van der Waals surface area contributed by atoms with Crippen molar-refractivity contribution < 1.29 is 4.42 Å². The van der Waals surface area contributed by atoms with Gasteiger partial charge < -0.3 is 9.73 Å². The van der Waals surface area contributed by atoms with E-state index in [9.17, 15) is 4.79 Å². The molecular formula is C16H13ClN2O2. The summed E-state index contributed by atoms with van der Waals surface area (Å²) in [5, 5.41) is 3.95. The van der Waals surface area contributed by atoms with Gasteiger partial charge in [-0.15, -0.1) is 0 Å². The highest BCUT2D eigenvalue weighted by atomic mass is 35.5. The summed E-state index contributed by atoms with van der Waals surface area (Å²) in [6.07, 6.45) is 0. The molecule has 5 heteroatoms. The largest absolute Gasteiger partial charge is 0.389 e. The average Bonchev–Trinajstić information content (AvgIpc) is 2.49. The molecule has 4 nitrogen and oxygen atoms in total. The predicted octanol–water partition coefficient (Wildman–Crippen LogP) is 4.01. The molecule has 1 atom stereocenters. The van der Waals surface area contributed by atoms with Crippen molar-refractivity contribution >= 4 is 28.5 Å². The summed E-state index contributed by atoms with van der Waals surface area (Å²) in [5.41, 5.74) is 1.18.